The molecule has 3 rings (SSSR count). The van der Waals surface area contributed by atoms with Gasteiger partial charge >= 0.3 is 5.97 Å². The van der Waals surface area contributed by atoms with Gasteiger partial charge in [-0.3, -0.25) is 4.79 Å². The van der Waals surface area contributed by atoms with Crippen molar-refractivity contribution in [3.8, 4) is 11.1 Å². The Balaban J connectivity index is 2.15. The zero-order valence-electron chi connectivity index (χ0n) is 20.7. The van der Waals surface area contributed by atoms with Crippen LogP contribution in [0.2, 0.25) is 0 Å². The number of aldehydes is 1. The smallest absolute Gasteiger partial charge is 0.338 e. The lowest BCUT2D eigenvalue weighted by Crippen LogP contribution is -2.36. The van der Waals surface area contributed by atoms with Gasteiger partial charge in [-0.2, -0.15) is 0 Å². The van der Waals surface area contributed by atoms with Gasteiger partial charge in [-0.15, -0.1) is 0 Å². The summed E-state index contributed by atoms with van der Waals surface area (Å²) in [6.07, 6.45) is -0.128. The van der Waals surface area contributed by atoms with Gasteiger partial charge in [-0.25, -0.2) is 17.5 Å². The Morgan fingerprint density at radius 2 is 1.89 bits per heavy atom. The zero-order valence-corrected chi connectivity index (χ0v) is 21.5. The number of sulfonamides is 1. The van der Waals surface area contributed by atoms with Crippen LogP contribution < -0.4 is 4.31 Å². The Kier molecular flexibility index (Phi) is 8.62. The summed E-state index contributed by atoms with van der Waals surface area (Å²) < 4.78 is 49.9. The fourth-order valence-electron chi connectivity index (χ4n) is 3.40. The maximum atomic E-state index is 14.0. The molecule has 1 aromatic heterocycles. The van der Waals surface area contributed by atoms with Crippen molar-refractivity contribution < 1.29 is 36.7 Å². The molecule has 0 saturated heterocycles. The van der Waals surface area contributed by atoms with Gasteiger partial charge in [0, 0.05) is 23.8 Å². The summed E-state index contributed by atoms with van der Waals surface area (Å²) in [4.78, 5) is 24.0. The molecule has 192 valence electrons. The van der Waals surface area contributed by atoms with E-state index in [1.807, 2.05) is 0 Å². The van der Waals surface area contributed by atoms with Gasteiger partial charge < -0.3 is 18.7 Å². The van der Waals surface area contributed by atoms with Crippen LogP contribution in [-0.4, -0.2) is 52.6 Å². The Bertz CT molecular complexity index is 1350. The van der Waals surface area contributed by atoms with Crippen molar-refractivity contribution in [2.75, 3.05) is 24.8 Å². The van der Waals surface area contributed by atoms with E-state index in [1.54, 1.807) is 45.9 Å². The van der Waals surface area contributed by atoms with Crippen molar-refractivity contribution >= 4 is 28.1 Å². The number of aryl methyl sites for hydroxylation is 1. The number of esters is 1. The summed E-state index contributed by atoms with van der Waals surface area (Å²) in [6.45, 7) is 6.44. The Hall–Kier alpha value is -3.54. The molecule has 0 aliphatic carbocycles. The number of rotatable bonds is 11. The fourth-order valence-corrected chi connectivity index (χ4v) is 4.94. The molecule has 0 fully saturated rings. The third-order valence-corrected chi connectivity index (χ3v) is 7.33. The molecule has 1 unspecified atom stereocenters. The third kappa shape index (κ3) is 5.48. The molecule has 0 spiro atoms. The van der Waals surface area contributed by atoms with E-state index in [0.717, 1.165) is 4.31 Å². The predicted molar refractivity (Wildman–Crippen MR) is 131 cm³/mol. The Morgan fingerprint density at radius 1 is 1.17 bits per heavy atom. The molecule has 0 saturated carbocycles. The zero-order chi connectivity index (χ0) is 26.5. The van der Waals surface area contributed by atoms with E-state index >= 15 is 0 Å². The average molecular weight is 517 g/mol. The largest absolute Gasteiger partial charge is 0.462 e. The van der Waals surface area contributed by atoms with Gasteiger partial charge in [0.05, 0.1) is 17.1 Å². The van der Waals surface area contributed by atoms with Gasteiger partial charge in [0.2, 0.25) is 0 Å². The van der Waals surface area contributed by atoms with E-state index in [4.69, 9.17) is 18.7 Å². The number of benzene rings is 2. The number of methoxy groups -OCH3 is 1. The van der Waals surface area contributed by atoms with Crippen LogP contribution in [0.1, 0.15) is 45.9 Å². The molecule has 0 aliphatic heterocycles. The van der Waals surface area contributed by atoms with Crippen LogP contribution >= 0.6 is 0 Å². The molecular formula is C25H28N2O8S. The summed E-state index contributed by atoms with van der Waals surface area (Å²) in [5, 5.41) is 3.94. The maximum absolute atomic E-state index is 14.0. The SMILES string of the molecule is CCOC(=O)c1ccc(-c2ccccc2S(=O)(=O)N(COC(C)OC)c2noc(C)c2C)c(C=O)c1. The van der Waals surface area contributed by atoms with Gasteiger partial charge in [0.25, 0.3) is 10.0 Å². The van der Waals surface area contributed by atoms with E-state index in [9.17, 15) is 18.0 Å². The number of hydrogen-bond acceptors (Lipinski definition) is 9. The molecule has 1 atom stereocenters. The minimum Gasteiger partial charge on any atom is -0.462 e. The fraction of sp³-hybridized carbons (Fsp3) is 0.320. The second-order valence-corrected chi connectivity index (χ2v) is 9.61. The number of aromatic nitrogens is 1. The van der Waals surface area contributed by atoms with Crippen LogP contribution in [0.4, 0.5) is 5.82 Å². The first kappa shape index (κ1) is 27.1. The van der Waals surface area contributed by atoms with Crippen molar-refractivity contribution in [2.45, 2.75) is 38.9 Å². The van der Waals surface area contributed by atoms with E-state index in [2.05, 4.69) is 5.16 Å². The van der Waals surface area contributed by atoms with E-state index < -0.39 is 29.0 Å². The topological polar surface area (TPSA) is 125 Å². The molecule has 0 radical (unpaired) electrons. The highest BCUT2D eigenvalue weighted by Gasteiger charge is 2.32. The van der Waals surface area contributed by atoms with Crippen molar-refractivity contribution in [3.63, 3.8) is 0 Å². The minimum atomic E-state index is -4.28. The van der Waals surface area contributed by atoms with E-state index in [-0.39, 0.29) is 34.0 Å². The van der Waals surface area contributed by atoms with Crippen LogP contribution in [-0.2, 0) is 24.2 Å². The lowest BCUT2D eigenvalue weighted by molar-refractivity contribution is -0.107. The van der Waals surface area contributed by atoms with Gasteiger partial charge in [-0.05, 0) is 51.5 Å². The van der Waals surface area contributed by atoms with Crippen molar-refractivity contribution in [2.24, 2.45) is 0 Å². The van der Waals surface area contributed by atoms with Gasteiger partial charge in [0.15, 0.2) is 18.4 Å². The molecule has 0 N–H and O–H groups in total. The molecule has 1 heterocycles. The number of hydrogen-bond donors (Lipinski definition) is 0. The average Bonchev–Trinajstić information content (AvgIpc) is 3.21. The highest BCUT2D eigenvalue weighted by atomic mass is 32.2. The minimum absolute atomic E-state index is 0.0684. The second-order valence-electron chi connectivity index (χ2n) is 7.78. The molecule has 2 aromatic carbocycles. The van der Waals surface area contributed by atoms with Crippen molar-refractivity contribution in [1.82, 2.24) is 5.16 Å². The van der Waals surface area contributed by atoms with Crippen LogP contribution in [0.3, 0.4) is 0 Å². The van der Waals surface area contributed by atoms with Crippen LogP contribution in [0, 0.1) is 13.8 Å². The van der Waals surface area contributed by atoms with E-state index in [1.165, 1.54) is 31.4 Å². The van der Waals surface area contributed by atoms with Crippen LogP contribution in [0.5, 0.6) is 0 Å². The van der Waals surface area contributed by atoms with Crippen molar-refractivity contribution in [3.05, 3.63) is 64.9 Å². The molecule has 10 nitrogen and oxygen atoms in total. The first-order valence-corrected chi connectivity index (χ1v) is 12.5. The summed E-state index contributed by atoms with van der Waals surface area (Å²) in [5.74, 6) is -0.0598. The number of anilines is 1. The third-order valence-electron chi connectivity index (χ3n) is 5.56. The lowest BCUT2D eigenvalue weighted by atomic mass is 9.98. The molecule has 36 heavy (non-hydrogen) atoms. The molecule has 0 aliphatic rings. The Morgan fingerprint density at radius 3 is 2.50 bits per heavy atom. The second kappa shape index (κ2) is 11.5. The highest BCUT2D eigenvalue weighted by molar-refractivity contribution is 7.93. The predicted octanol–water partition coefficient (Wildman–Crippen LogP) is 4.11. The Labute approximate surface area is 209 Å². The highest BCUT2D eigenvalue weighted by Crippen LogP contribution is 2.35. The molecular weight excluding hydrogens is 488 g/mol. The van der Waals surface area contributed by atoms with E-state index in [0.29, 0.717) is 23.2 Å². The first-order chi connectivity index (χ1) is 17.1. The molecule has 0 bridgehead atoms. The molecule has 3 aromatic rings. The summed E-state index contributed by atoms with van der Waals surface area (Å²) in [6, 6.07) is 10.6. The quantitative estimate of drug-likeness (QED) is 0.210. The number of ether oxygens (including phenoxy) is 3. The number of carbonyl (C=O) groups excluding carboxylic acids is 2. The summed E-state index contributed by atoms with van der Waals surface area (Å²) in [5.41, 5.74) is 1.43. The number of nitrogens with zero attached hydrogens (tertiary/aromatic N) is 2. The maximum Gasteiger partial charge on any atom is 0.338 e. The standard InChI is InChI=1S/C25H28N2O8S/c1-6-33-25(29)19-11-12-21(20(13-19)14-28)22-9-7-8-10-23(22)36(30,31)27(15-34-18(4)32-5)24-16(2)17(3)35-26-24/h7-14,18H,6,15H2,1-5H3. The van der Waals surface area contributed by atoms with Crippen LogP contribution in [0.15, 0.2) is 51.9 Å². The van der Waals surface area contributed by atoms with Crippen molar-refractivity contribution in [1.29, 1.82) is 0 Å². The lowest BCUT2D eigenvalue weighted by Gasteiger charge is -2.25. The van der Waals surface area contributed by atoms with Gasteiger partial charge in [0.1, 0.15) is 12.5 Å². The number of carbonyl (C=O) groups is 2. The molecule has 11 heteroatoms. The summed E-state index contributed by atoms with van der Waals surface area (Å²) >= 11 is 0. The molecule has 0 amide bonds. The normalized spacial score (nSPS) is 12.2. The van der Waals surface area contributed by atoms with Crippen LogP contribution in [0.25, 0.3) is 11.1 Å². The monoisotopic (exact) mass is 516 g/mol. The van der Waals surface area contributed by atoms with Gasteiger partial charge in [-0.1, -0.05) is 29.4 Å². The first-order valence-electron chi connectivity index (χ1n) is 11.1. The summed E-state index contributed by atoms with van der Waals surface area (Å²) in [7, 11) is -2.85.